The molecule has 1 aliphatic rings. The average molecular weight is 425 g/mol. The monoisotopic (exact) mass is 424 g/mol. The van der Waals surface area contributed by atoms with Crippen LogP contribution in [0.3, 0.4) is 0 Å². The highest BCUT2D eigenvalue weighted by Gasteiger charge is 2.59. The standard InChI is InChI=1S/C26H48O4/c1-5-6-7-8-9-10-11-12-13-14-15-16-17-18-21-30-24(29)26(4)20-19-22(23(27)28)25(26,2)3/h22H,5-21H2,1-4H3,(H,27,28). The van der Waals surface area contributed by atoms with E-state index in [9.17, 15) is 14.7 Å². The first-order valence-corrected chi connectivity index (χ1v) is 12.7. The SMILES string of the molecule is CCCCCCCCCCCCCCCCOC(=O)C1(C)CCC(C(=O)O)C1(C)C. The van der Waals surface area contributed by atoms with E-state index >= 15 is 0 Å². The van der Waals surface area contributed by atoms with Gasteiger partial charge in [0.05, 0.1) is 17.9 Å². The average Bonchev–Trinajstić information content (AvgIpc) is 2.95. The van der Waals surface area contributed by atoms with Gasteiger partial charge in [-0.25, -0.2) is 0 Å². The van der Waals surface area contributed by atoms with Gasteiger partial charge in [0.15, 0.2) is 0 Å². The van der Waals surface area contributed by atoms with Crippen LogP contribution in [0.15, 0.2) is 0 Å². The second kappa shape index (κ2) is 14.1. The Bertz CT molecular complexity index is 499. The van der Waals surface area contributed by atoms with Gasteiger partial charge in [-0.3, -0.25) is 9.59 Å². The second-order valence-corrected chi connectivity index (χ2v) is 10.2. The Hall–Kier alpha value is -1.06. The van der Waals surface area contributed by atoms with Crippen LogP contribution in [0, 0.1) is 16.7 Å². The highest BCUT2D eigenvalue weighted by Crippen LogP contribution is 2.56. The summed E-state index contributed by atoms with van der Waals surface area (Å²) in [5.41, 5.74) is -1.28. The van der Waals surface area contributed by atoms with Gasteiger partial charge in [0, 0.05) is 0 Å². The third-order valence-corrected chi connectivity index (χ3v) is 7.71. The van der Waals surface area contributed by atoms with Crippen molar-refractivity contribution in [3.05, 3.63) is 0 Å². The number of carbonyl (C=O) groups excluding carboxylic acids is 1. The molecule has 0 aromatic carbocycles. The molecule has 2 unspecified atom stereocenters. The van der Waals surface area contributed by atoms with Crippen molar-refractivity contribution in [3.8, 4) is 0 Å². The van der Waals surface area contributed by atoms with E-state index in [1.54, 1.807) is 0 Å². The number of esters is 1. The van der Waals surface area contributed by atoms with E-state index in [0.717, 1.165) is 12.8 Å². The topological polar surface area (TPSA) is 63.6 Å². The minimum Gasteiger partial charge on any atom is -0.481 e. The Morgan fingerprint density at radius 2 is 1.23 bits per heavy atom. The molecule has 1 N–H and O–H groups in total. The molecule has 176 valence electrons. The molecule has 0 bridgehead atoms. The number of carboxylic acids is 1. The van der Waals surface area contributed by atoms with Gasteiger partial charge in [-0.05, 0) is 31.6 Å². The van der Waals surface area contributed by atoms with Gasteiger partial charge in [0.1, 0.15) is 0 Å². The summed E-state index contributed by atoms with van der Waals surface area (Å²) in [4.78, 5) is 24.2. The number of aliphatic carboxylic acids is 1. The zero-order chi connectivity index (χ0) is 22.5. The fourth-order valence-corrected chi connectivity index (χ4v) is 4.92. The normalized spacial score (nSPS) is 22.9. The summed E-state index contributed by atoms with van der Waals surface area (Å²) in [6.07, 6.45) is 19.4. The van der Waals surface area contributed by atoms with Crippen LogP contribution in [0.4, 0.5) is 0 Å². The maximum atomic E-state index is 12.7. The van der Waals surface area contributed by atoms with Gasteiger partial charge in [0.2, 0.25) is 0 Å². The fraction of sp³-hybridized carbons (Fsp3) is 0.923. The van der Waals surface area contributed by atoms with Crippen molar-refractivity contribution in [2.24, 2.45) is 16.7 Å². The number of rotatable bonds is 17. The van der Waals surface area contributed by atoms with Crippen molar-refractivity contribution in [2.75, 3.05) is 6.61 Å². The Balaban J connectivity index is 2.02. The summed E-state index contributed by atoms with van der Waals surface area (Å²) >= 11 is 0. The summed E-state index contributed by atoms with van der Waals surface area (Å²) in [5, 5.41) is 9.43. The third-order valence-electron chi connectivity index (χ3n) is 7.71. The zero-order valence-corrected chi connectivity index (χ0v) is 20.3. The van der Waals surface area contributed by atoms with Gasteiger partial charge in [-0.2, -0.15) is 0 Å². The lowest BCUT2D eigenvalue weighted by Crippen LogP contribution is -2.43. The van der Waals surface area contributed by atoms with E-state index in [1.165, 1.54) is 77.0 Å². The van der Waals surface area contributed by atoms with Crippen molar-refractivity contribution in [1.82, 2.24) is 0 Å². The van der Waals surface area contributed by atoms with Crippen LogP contribution in [0.25, 0.3) is 0 Å². The molecule has 0 amide bonds. The molecule has 0 spiro atoms. The Morgan fingerprint density at radius 3 is 1.63 bits per heavy atom. The van der Waals surface area contributed by atoms with Gasteiger partial charge in [0.25, 0.3) is 0 Å². The molecule has 4 nitrogen and oxygen atoms in total. The predicted octanol–water partition coefficient (Wildman–Crippen LogP) is 7.54. The number of carbonyl (C=O) groups is 2. The van der Waals surface area contributed by atoms with E-state index in [-0.39, 0.29) is 5.97 Å². The summed E-state index contributed by atoms with van der Waals surface area (Å²) in [6.45, 7) is 8.39. The van der Waals surface area contributed by atoms with Crippen LogP contribution in [0.1, 0.15) is 130 Å². The lowest BCUT2D eigenvalue weighted by atomic mass is 9.65. The van der Waals surface area contributed by atoms with Crippen molar-refractivity contribution in [1.29, 1.82) is 0 Å². The van der Waals surface area contributed by atoms with Crippen molar-refractivity contribution < 1.29 is 19.4 Å². The summed E-state index contributed by atoms with van der Waals surface area (Å²) < 4.78 is 5.57. The number of hydrogen-bond acceptors (Lipinski definition) is 3. The highest BCUT2D eigenvalue weighted by molar-refractivity contribution is 5.81. The summed E-state index contributed by atoms with van der Waals surface area (Å²) in [6, 6.07) is 0. The molecule has 0 aromatic rings. The molecule has 4 heteroatoms. The molecule has 1 fully saturated rings. The van der Waals surface area contributed by atoms with Crippen LogP contribution >= 0.6 is 0 Å². The first-order valence-electron chi connectivity index (χ1n) is 12.7. The van der Waals surface area contributed by atoms with Crippen LogP contribution in [0.5, 0.6) is 0 Å². The van der Waals surface area contributed by atoms with Crippen LogP contribution in [0.2, 0.25) is 0 Å². The minimum absolute atomic E-state index is 0.217. The molecule has 0 heterocycles. The van der Waals surface area contributed by atoms with E-state index in [0.29, 0.717) is 19.4 Å². The molecular formula is C26H48O4. The number of hydrogen-bond donors (Lipinski definition) is 1. The lowest BCUT2D eigenvalue weighted by molar-refractivity contribution is -0.163. The minimum atomic E-state index is -0.802. The largest absolute Gasteiger partial charge is 0.481 e. The summed E-state index contributed by atoms with van der Waals surface area (Å²) in [7, 11) is 0. The Kier molecular flexibility index (Phi) is 12.7. The Morgan fingerprint density at radius 1 is 0.800 bits per heavy atom. The summed E-state index contributed by atoms with van der Waals surface area (Å²) in [5.74, 6) is -1.49. The molecule has 1 aliphatic carbocycles. The maximum absolute atomic E-state index is 12.7. The third kappa shape index (κ3) is 8.23. The quantitative estimate of drug-likeness (QED) is 0.193. The molecule has 2 atom stereocenters. The predicted molar refractivity (Wildman–Crippen MR) is 124 cm³/mol. The Labute approximate surface area is 185 Å². The van der Waals surface area contributed by atoms with Crippen LogP contribution < -0.4 is 0 Å². The van der Waals surface area contributed by atoms with Crippen molar-refractivity contribution in [2.45, 2.75) is 130 Å². The molecule has 0 radical (unpaired) electrons. The van der Waals surface area contributed by atoms with E-state index in [1.807, 2.05) is 20.8 Å². The number of carboxylic acid groups (broad SMARTS) is 1. The first kappa shape index (κ1) is 27.0. The van der Waals surface area contributed by atoms with Gasteiger partial charge in [-0.1, -0.05) is 104 Å². The first-order chi connectivity index (χ1) is 14.3. The molecule has 0 saturated heterocycles. The number of unbranched alkanes of at least 4 members (excludes halogenated alkanes) is 13. The molecule has 1 rings (SSSR count). The van der Waals surface area contributed by atoms with E-state index in [2.05, 4.69) is 6.92 Å². The molecule has 0 aromatic heterocycles. The lowest BCUT2D eigenvalue weighted by Gasteiger charge is -2.38. The fourth-order valence-electron chi connectivity index (χ4n) is 4.92. The molecule has 30 heavy (non-hydrogen) atoms. The van der Waals surface area contributed by atoms with Crippen molar-refractivity contribution >= 4 is 11.9 Å². The van der Waals surface area contributed by atoms with Crippen LogP contribution in [-0.4, -0.2) is 23.7 Å². The second-order valence-electron chi connectivity index (χ2n) is 10.2. The molecule has 1 saturated carbocycles. The van der Waals surface area contributed by atoms with E-state index in [4.69, 9.17) is 4.74 Å². The van der Waals surface area contributed by atoms with E-state index < -0.39 is 22.7 Å². The van der Waals surface area contributed by atoms with Crippen LogP contribution in [-0.2, 0) is 14.3 Å². The smallest absolute Gasteiger partial charge is 0.312 e. The van der Waals surface area contributed by atoms with Gasteiger partial charge < -0.3 is 9.84 Å². The van der Waals surface area contributed by atoms with Gasteiger partial charge >= 0.3 is 11.9 Å². The molecular weight excluding hydrogens is 376 g/mol. The van der Waals surface area contributed by atoms with Crippen molar-refractivity contribution in [3.63, 3.8) is 0 Å². The number of ether oxygens (including phenoxy) is 1. The van der Waals surface area contributed by atoms with Gasteiger partial charge in [-0.15, -0.1) is 0 Å². The maximum Gasteiger partial charge on any atom is 0.312 e. The molecule has 0 aliphatic heterocycles. The zero-order valence-electron chi connectivity index (χ0n) is 20.3. The highest BCUT2D eigenvalue weighted by atomic mass is 16.5.